The van der Waals surface area contributed by atoms with Crippen molar-refractivity contribution in [2.45, 2.75) is 19.4 Å². The first-order valence-electron chi connectivity index (χ1n) is 5.17. The normalized spacial score (nSPS) is 13.0. The van der Waals surface area contributed by atoms with Crippen LogP contribution in [0.15, 0.2) is 11.4 Å². The molecule has 6 heteroatoms. The van der Waals surface area contributed by atoms with Gasteiger partial charge in [-0.25, -0.2) is 0 Å². The second-order valence-electron chi connectivity index (χ2n) is 3.92. The lowest BCUT2D eigenvalue weighted by Gasteiger charge is -2.10. The third-order valence-corrected chi connectivity index (χ3v) is 4.64. The Bertz CT molecular complexity index is 533. The molecule has 0 aliphatic carbocycles. The van der Waals surface area contributed by atoms with Crippen molar-refractivity contribution in [3.63, 3.8) is 0 Å². The van der Waals surface area contributed by atoms with Crippen LogP contribution in [0.4, 0.5) is 0 Å². The summed E-state index contributed by atoms with van der Waals surface area (Å²) in [7, 11) is 1.82. The lowest BCUT2D eigenvalue weighted by Crippen LogP contribution is -2.12. The highest BCUT2D eigenvalue weighted by Crippen LogP contribution is 2.31. The van der Waals surface area contributed by atoms with Crippen molar-refractivity contribution in [2.24, 2.45) is 12.8 Å². The Balaban J connectivity index is 2.24. The summed E-state index contributed by atoms with van der Waals surface area (Å²) in [6.45, 7) is 1.93. The van der Waals surface area contributed by atoms with E-state index in [1.54, 1.807) is 16.0 Å². The second-order valence-corrected chi connectivity index (χ2v) is 5.63. The molecule has 3 nitrogen and oxygen atoms in total. The van der Waals surface area contributed by atoms with E-state index in [-0.39, 0.29) is 6.04 Å². The molecule has 0 aromatic carbocycles. The zero-order valence-electron chi connectivity index (χ0n) is 9.58. The zero-order valence-corrected chi connectivity index (χ0v) is 11.9. The van der Waals surface area contributed by atoms with E-state index in [0.717, 1.165) is 21.2 Å². The van der Waals surface area contributed by atoms with Gasteiger partial charge in [0.15, 0.2) is 0 Å². The van der Waals surface area contributed by atoms with Crippen molar-refractivity contribution in [3.05, 3.63) is 37.8 Å². The summed E-state index contributed by atoms with van der Waals surface area (Å²) in [4.78, 5) is 0.992. The van der Waals surface area contributed by atoms with Crippen LogP contribution < -0.4 is 5.73 Å². The van der Waals surface area contributed by atoms with E-state index in [2.05, 4.69) is 5.10 Å². The molecule has 2 aromatic heterocycles. The topological polar surface area (TPSA) is 43.8 Å². The molecule has 0 aliphatic heterocycles. The summed E-state index contributed by atoms with van der Waals surface area (Å²) in [5, 5.41) is 7.57. The maximum Gasteiger partial charge on any atom is 0.130 e. The highest BCUT2D eigenvalue weighted by Gasteiger charge is 2.18. The minimum atomic E-state index is -0.136. The van der Waals surface area contributed by atoms with E-state index in [1.807, 2.05) is 25.4 Å². The van der Waals surface area contributed by atoms with Gasteiger partial charge in [0, 0.05) is 23.5 Å². The van der Waals surface area contributed by atoms with Crippen molar-refractivity contribution in [2.75, 3.05) is 0 Å². The first-order chi connectivity index (χ1) is 8.00. The second kappa shape index (κ2) is 4.98. The predicted molar refractivity (Wildman–Crippen MR) is 72.9 cm³/mol. The quantitative estimate of drug-likeness (QED) is 0.942. The standard InChI is InChI=1S/C11H13Cl2N3S/c1-6-7(11(13)16(2)15-6)5-9(14)10-8(12)3-4-17-10/h3-4,9H,5,14H2,1-2H3. The van der Waals surface area contributed by atoms with Gasteiger partial charge in [-0.3, -0.25) is 4.68 Å². The number of halogens is 2. The van der Waals surface area contributed by atoms with Crippen molar-refractivity contribution < 1.29 is 0 Å². The Labute approximate surface area is 114 Å². The fourth-order valence-electron chi connectivity index (χ4n) is 1.79. The molecule has 0 saturated heterocycles. The monoisotopic (exact) mass is 289 g/mol. The van der Waals surface area contributed by atoms with E-state index in [1.165, 1.54) is 0 Å². The van der Waals surface area contributed by atoms with Crippen LogP contribution in [0, 0.1) is 6.92 Å². The maximum absolute atomic E-state index is 6.17. The Kier molecular flexibility index (Phi) is 3.78. The molecule has 0 saturated carbocycles. The first kappa shape index (κ1) is 12.9. The third kappa shape index (κ3) is 2.50. The SMILES string of the molecule is Cc1nn(C)c(Cl)c1CC(N)c1sccc1Cl. The lowest BCUT2D eigenvalue weighted by molar-refractivity contribution is 0.732. The molecule has 0 radical (unpaired) electrons. The van der Waals surface area contributed by atoms with Gasteiger partial charge in [0.05, 0.1) is 10.7 Å². The molecule has 0 aliphatic rings. The van der Waals surface area contributed by atoms with Gasteiger partial charge in [-0.05, 0) is 24.8 Å². The number of aryl methyl sites for hydroxylation is 2. The first-order valence-corrected chi connectivity index (χ1v) is 6.80. The average molecular weight is 290 g/mol. The number of nitrogens with zero attached hydrogens (tertiary/aromatic N) is 2. The minimum Gasteiger partial charge on any atom is -0.323 e. The molecule has 0 bridgehead atoms. The predicted octanol–water partition coefficient (Wildman–Crippen LogP) is 3.34. The molecule has 2 rings (SSSR count). The molecular formula is C11H13Cl2N3S. The number of nitrogens with two attached hydrogens (primary N) is 1. The Morgan fingerprint density at radius 2 is 2.24 bits per heavy atom. The summed E-state index contributed by atoms with van der Waals surface area (Å²) < 4.78 is 1.66. The molecule has 1 unspecified atom stereocenters. The molecule has 2 N–H and O–H groups in total. The largest absolute Gasteiger partial charge is 0.323 e. The molecule has 1 atom stereocenters. The highest BCUT2D eigenvalue weighted by atomic mass is 35.5. The van der Waals surface area contributed by atoms with Gasteiger partial charge in [0.1, 0.15) is 5.15 Å². The van der Waals surface area contributed by atoms with Gasteiger partial charge in [0.25, 0.3) is 0 Å². The summed E-state index contributed by atoms with van der Waals surface area (Å²) in [6.07, 6.45) is 0.652. The van der Waals surface area contributed by atoms with Crippen LogP contribution >= 0.6 is 34.5 Å². The molecule has 0 amide bonds. The van der Waals surface area contributed by atoms with Crippen LogP contribution in [0.5, 0.6) is 0 Å². The van der Waals surface area contributed by atoms with Crippen molar-refractivity contribution in [1.29, 1.82) is 0 Å². The molecule has 17 heavy (non-hydrogen) atoms. The minimum absolute atomic E-state index is 0.136. The van der Waals surface area contributed by atoms with Gasteiger partial charge in [-0.15, -0.1) is 11.3 Å². The number of rotatable bonds is 3. The average Bonchev–Trinajstić information content (AvgIpc) is 2.78. The number of aromatic nitrogens is 2. The maximum atomic E-state index is 6.17. The fourth-order valence-corrected chi connectivity index (χ4v) is 3.24. The molecule has 2 aromatic rings. The van der Waals surface area contributed by atoms with Crippen molar-refractivity contribution in [1.82, 2.24) is 9.78 Å². The van der Waals surface area contributed by atoms with E-state index < -0.39 is 0 Å². The molecule has 92 valence electrons. The van der Waals surface area contributed by atoms with Gasteiger partial charge in [-0.1, -0.05) is 23.2 Å². The Hall–Kier alpha value is -0.550. The van der Waals surface area contributed by atoms with Crippen LogP contribution in [0.25, 0.3) is 0 Å². The zero-order chi connectivity index (χ0) is 12.6. The smallest absolute Gasteiger partial charge is 0.130 e. The van der Waals surface area contributed by atoms with Gasteiger partial charge >= 0.3 is 0 Å². The third-order valence-electron chi connectivity index (χ3n) is 2.68. The highest BCUT2D eigenvalue weighted by molar-refractivity contribution is 7.10. The summed E-state index contributed by atoms with van der Waals surface area (Å²) in [6, 6.07) is 1.72. The van der Waals surface area contributed by atoms with E-state index >= 15 is 0 Å². The number of thiophene rings is 1. The number of hydrogen-bond acceptors (Lipinski definition) is 3. The van der Waals surface area contributed by atoms with Gasteiger partial charge < -0.3 is 5.73 Å². The van der Waals surface area contributed by atoms with Crippen LogP contribution in [0.3, 0.4) is 0 Å². The van der Waals surface area contributed by atoms with E-state index in [4.69, 9.17) is 28.9 Å². The number of hydrogen-bond donors (Lipinski definition) is 1. The van der Waals surface area contributed by atoms with Crippen molar-refractivity contribution in [3.8, 4) is 0 Å². The fraction of sp³-hybridized carbons (Fsp3) is 0.364. The van der Waals surface area contributed by atoms with E-state index in [0.29, 0.717) is 11.6 Å². The van der Waals surface area contributed by atoms with Gasteiger partial charge in [0.2, 0.25) is 0 Å². The lowest BCUT2D eigenvalue weighted by atomic mass is 10.1. The van der Waals surface area contributed by atoms with Crippen LogP contribution in [0.2, 0.25) is 10.2 Å². The molecule has 0 fully saturated rings. The molecule has 2 heterocycles. The Morgan fingerprint density at radius 1 is 1.53 bits per heavy atom. The summed E-state index contributed by atoms with van der Waals surface area (Å²) in [5.74, 6) is 0. The van der Waals surface area contributed by atoms with Crippen LogP contribution in [0.1, 0.15) is 22.2 Å². The molecule has 0 spiro atoms. The molecular weight excluding hydrogens is 277 g/mol. The Morgan fingerprint density at radius 3 is 2.71 bits per heavy atom. The van der Waals surface area contributed by atoms with Crippen molar-refractivity contribution >= 4 is 34.5 Å². The van der Waals surface area contributed by atoms with E-state index in [9.17, 15) is 0 Å². The van der Waals surface area contributed by atoms with Gasteiger partial charge in [-0.2, -0.15) is 5.10 Å². The van der Waals surface area contributed by atoms with Crippen LogP contribution in [-0.2, 0) is 13.5 Å². The summed E-state index contributed by atoms with van der Waals surface area (Å²) >= 11 is 13.8. The van der Waals surface area contributed by atoms with Crippen LogP contribution in [-0.4, -0.2) is 9.78 Å². The summed E-state index contributed by atoms with van der Waals surface area (Å²) in [5.41, 5.74) is 8.06.